The third-order valence-corrected chi connectivity index (χ3v) is 4.85. The summed E-state index contributed by atoms with van der Waals surface area (Å²) in [6.07, 6.45) is 2.68. The minimum Gasteiger partial charge on any atom is -0.388 e. The van der Waals surface area contributed by atoms with Crippen LogP contribution in [-0.4, -0.2) is 42.7 Å². The average Bonchev–Trinajstić information content (AvgIpc) is 2.74. The van der Waals surface area contributed by atoms with Gasteiger partial charge in [-0.15, -0.1) is 0 Å². The molecule has 3 atom stereocenters. The van der Waals surface area contributed by atoms with Gasteiger partial charge in [-0.25, -0.2) is 0 Å². The summed E-state index contributed by atoms with van der Waals surface area (Å²) in [7, 11) is 0. The Bertz CT molecular complexity index is 294. The molecule has 3 unspecified atom stereocenters. The molecule has 0 bridgehead atoms. The quantitative estimate of drug-likeness (QED) is 0.783. The van der Waals surface area contributed by atoms with E-state index in [1.807, 2.05) is 0 Å². The minimum atomic E-state index is -0.827. The maximum absolute atomic E-state index is 11.0. The molecule has 2 heterocycles. The molecule has 106 valence electrons. The van der Waals surface area contributed by atoms with Crippen LogP contribution in [0.5, 0.6) is 0 Å². The highest BCUT2D eigenvalue weighted by Crippen LogP contribution is 2.45. The molecule has 2 rings (SSSR count). The monoisotopic (exact) mass is 257 g/mol. The average molecular weight is 257 g/mol. The first-order valence-corrected chi connectivity index (χ1v) is 6.97. The standard InChI is InChI=1S/C14H27NO3/c1-12(2,3)14(16,9-15)11-4-6-18-13(8-11)5-7-17-10-13/h11,16H,4-10,15H2,1-3H3. The third kappa shape index (κ3) is 2.31. The van der Waals surface area contributed by atoms with E-state index in [0.29, 0.717) is 19.8 Å². The Morgan fingerprint density at radius 3 is 2.56 bits per heavy atom. The van der Waals surface area contributed by atoms with E-state index in [2.05, 4.69) is 20.8 Å². The van der Waals surface area contributed by atoms with Crippen molar-refractivity contribution in [1.82, 2.24) is 0 Å². The molecule has 0 radical (unpaired) electrons. The lowest BCUT2D eigenvalue weighted by molar-refractivity contribution is -0.170. The van der Waals surface area contributed by atoms with Crippen LogP contribution in [-0.2, 0) is 9.47 Å². The number of hydrogen-bond donors (Lipinski definition) is 2. The van der Waals surface area contributed by atoms with E-state index in [0.717, 1.165) is 25.9 Å². The Hall–Kier alpha value is -0.160. The van der Waals surface area contributed by atoms with Gasteiger partial charge in [-0.1, -0.05) is 20.8 Å². The van der Waals surface area contributed by atoms with Crippen molar-refractivity contribution in [2.75, 3.05) is 26.4 Å². The molecule has 0 amide bonds. The van der Waals surface area contributed by atoms with E-state index in [-0.39, 0.29) is 16.9 Å². The first-order chi connectivity index (χ1) is 8.33. The highest BCUT2D eigenvalue weighted by Gasteiger charge is 2.51. The van der Waals surface area contributed by atoms with E-state index < -0.39 is 5.60 Å². The second kappa shape index (κ2) is 4.75. The Labute approximate surface area is 110 Å². The van der Waals surface area contributed by atoms with Crippen LogP contribution >= 0.6 is 0 Å². The Morgan fingerprint density at radius 1 is 1.33 bits per heavy atom. The topological polar surface area (TPSA) is 64.7 Å². The molecule has 2 fully saturated rings. The van der Waals surface area contributed by atoms with Crippen LogP contribution in [0.3, 0.4) is 0 Å². The number of hydrogen-bond acceptors (Lipinski definition) is 4. The number of aliphatic hydroxyl groups is 1. The van der Waals surface area contributed by atoms with Crippen LogP contribution in [0, 0.1) is 11.3 Å². The van der Waals surface area contributed by atoms with Crippen LogP contribution in [0.1, 0.15) is 40.0 Å². The summed E-state index contributed by atoms with van der Waals surface area (Å²) >= 11 is 0. The van der Waals surface area contributed by atoms with E-state index in [9.17, 15) is 5.11 Å². The first-order valence-electron chi connectivity index (χ1n) is 6.97. The maximum atomic E-state index is 11.0. The predicted octanol–water partition coefficient (Wildman–Crippen LogP) is 1.31. The molecule has 4 heteroatoms. The van der Waals surface area contributed by atoms with Crippen LogP contribution < -0.4 is 5.73 Å². The van der Waals surface area contributed by atoms with Gasteiger partial charge in [0.25, 0.3) is 0 Å². The van der Waals surface area contributed by atoms with E-state index in [4.69, 9.17) is 15.2 Å². The molecule has 3 N–H and O–H groups in total. The number of rotatable bonds is 2. The summed E-state index contributed by atoms with van der Waals surface area (Å²) in [6, 6.07) is 0. The van der Waals surface area contributed by atoms with Crippen molar-refractivity contribution in [2.45, 2.75) is 51.2 Å². The SMILES string of the molecule is CC(C)(C)C(O)(CN)C1CCOC2(CCOC2)C1. The second-order valence-corrected chi connectivity index (χ2v) is 6.90. The van der Waals surface area contributed by atoms with Crippen molar-refractivity contribution in [1.29, 1.82) is 0 Å². The van der Waals surface area contributed by atoms with Crippen LogP contribution in [0.25, 0.3) is 0 Å². The van der Waals surface area contributed by atoms with Crippen LogP contribution in [0.2, 0.25) is 0 Å². The Morgan fingerprint density at radius 2 is 2.06 bits per heavy atom. The van der Waals surface area contributed by atoms with Gasteiger partial charge >= 0.3 is 0 Å². The minimum absolute atomic E-state index is 0.169. The van der Waals surface area contributed by atoms with Crippen molar-refractivity contribution in [3.63, 3.8) is 0 Å². The second-order valence-electron chi connectivity index (χ2n) is 6.90. The summed E-state index contributed by atoms with van der Waals surface area (Å²) in [6.45, 7) is 8.62. The summed E-state index contributed by atoms with van der Waals surface area (Å²) in [5, 5.41) is 11.0. The van der Waals surface area contributed by atoms with Gasteiger partial charge in [0, 0.05) is 26.2 Å². The van der Waals surface area contributed by atoms with Crippen molar-refractivity contribution in [2.24, 2.45) is 17.1 Å². The van der Waals surface area contributed by atoms with Crippen LogP contribution in [0.15, 0.2) is 0 Å². The molecule has 0 aromatic carbocycles. The summed E-state index contributed by atoms with van der Waals surface area (Å²) in [5.74, 6) is 0.193. The van der Waals surface area contributed by atoms with Gasteiger partial charge in [0.1, 0.15) is 0 Å². The number of nitrogens with two attached hydrogens (primary N) is 1. The molecular weight excluding hydrogens is 230 g/mol. The summed E-state index contributed by atoms with van der Waals surface area (Å²) in [4.78, 5) is 0. The Kier molecular flexibility index (Phi) is 3.76. The van der Waals surface area contributed by atoms with Gasteiger partial charge in [0.15, 0.2) is 0 Å². The van der Waals surface area contributed by atoms with Gasteiger partial charge in [-0.2, -0.15) is 0 Å². The lowest BCUT2D eigenvalue weighted by Crippen LogP contribution is -2.58. The fourth-order valence-electron chi connectivity index (χ4n) is 3.38. The van der Waals surface area contributed by atoms with Crippen molar-refractivity contribution >= 4 is 0 Å². The fraction of sp³-hybridized carbons (Fsp3) is 1.00. The molecule has 0 saturated carbocycles. The molecule has 2 aliphatic heterocycles. The van der Waals surface area contributed by atoms with Gasteiger partial charge in [0.2, 0.25) is 0 Å². The highest BCUT2D eigenvalue weighted by molar-refractivity contribution is 5.02. The van der Waals surface area contributed by atoms with Crippen LogP contribution in [0.4, 0.5) is 0 Å². The molecule has 2 aliphatic rings. The Balaban J connectivity index is 2.17. The molecule has 2 saturated heterocycles. The molecular formula is C14H27NO3. The smallest absolute Gasteiger partial charge is 0.0940 e. The summed E-state index contributed by atoms with van der Waals surface area (Å²) in [5.41, 5.74) is 4.67. The molecule has 1 spiro atoms. The largest absolute Gasteiger partial charge is 0.388 e. The fourth-order valence-corrected chi connectivity index (χ4v) is 3.38. The van der Waals surface area contributed by atoms with Gasteiger partial charge < -0.3 is 20.3 Å². The lowest BCUT2D eigenvalue weighted by atomic mass is 9.64. The third-order valence-electron chi connectivity index (χ3n) is 4.85. The normalized spacial score (nSPS) is 36.8. The van der Waals surface area contributed by atoms with E-state index in [1.54, 1.807) is 0 Å². The van der Waals surface area contributed by atoms with E-state index >= 15 is 0 Å². The molecule has 0 aromatic heterocycles. The zero-order chi connectivity index (χ0) is 13.4. The van der Waals surface area contributed by atoms with Crippen molar-refractivity contribution in [3.8, 4) is 0 Å². The highest BCUT2D eigenvalue weighted by atomic mass is 16.6. The van der Waals surface area contributed by atoms with Crippen molar-refractivity contribution < 1.29 is 14.6 Å². The maximum Gasteiger partial charge on any atom is 0.0940 e. The first kappa shape index (κ1) is 14.3. The molecule has 0 aliphatic carbocycles. The van der Waals surface area contributed by atoms with Gasteiger partial charge in [0.05, 0.1) is 17.8 Å². The van der Waals surface area contributed by atoms with Crippen molar-refractivity contribution in [3.05, 3.63) is 0 Å². The predicted molar refractivity (Wildman–Crippen MR) is 70.3 cm³/mol. The van der Waals surface area contributed by atoms with Gasteiger partial charge in [-0.05, 0) is 24.2 Å². The number of ether oxygens (including phenoxy) is 2. The molecule has 4 nitrogen and oxygen atoms in total. The molecule has 0 aromatic rings. The zero-order valence-electron chi connectivity index (χ0n) is 11.9. The molecule has 18 heavy (non-hydrogen) atoms. The summed E-state index contributed by atoms with van der Waals surface area (Å²) < 4.78 is 11.4. The lowest BCUT2D eigenvalue weighted by Gasteiger charge is -2.50. The zero-order valence-corrected chi connectivity index (χ0v) is 11.9. The van der Waals surface area contributed by atoms with E-state index in [1.165, 1.54) is 0 Å². The van der Waals surface area contributed by atoms with Gasteiger partial charge in [-0.3, -0.25) is 0 Å².